The van der Waals surface area contributed by atoms with Crippen LogP contribution in [0, 0.1) is 0 Å². The molecule has 7 nitrogen and oxygen atoms in total. The Bertz CT molecular complexity index is 1400. The second-order valence-corrected chi connectivity index (χ2v) is 9.01. The van der Waals surface area contributed by atoms with Gasteiger partial charge in [-0.2, -0.15) is 0 Å². The van der Waals surface area contributed by atoms with E-state index in [0.717, 1.165) is 40.6 Å². The van der Waals surface area contributed by atoms with Crippen molar-refractivity contribution in [1.82, 2.24) is 24.7 Å². The Labute approximate surface area is 197 Å². The van der Waals surface area contributed by atoms with Gasteiger partial charge in [0.1, 0.15) is 12.6 Å². The molecule has 2 fully saturated rings. The molecule has 0 bridgehead atoms. The van der Waals surface area contributed by atoms with Gasteiger partial charge in [-0.3, -0.25) is 24.5 Å². The molecule has 170 valence electrons. The van der Waals surface area contributed by atoms with E-state index in [0.29, 0.717) is 19.6 Å². The van der Waals surface area contributed by atoms with E-state index in [1.807, 2.05) is 54.6 Å². The highest BCUT2D eigenvalue weighted by Crippen LogP contribution is 2.24. The highest BCUT2D eigenvalue weighted by atomic mass is 16.2. The third kappa shape index (κ3) is 3.78. The number of para-hydroxylation sites is 1. The molecular weight excluding hydrogens is 426 g/mol. The highest BCUT2D eigenvalue weighted by Gasteiger charge is 2.42. The second kappa shape index (κ2) is 8.50. The van der Waals surface area contributed by atoms with Crippen molar-refractivity contribution in [3.05, 3.63) is 84.2 Å². The van der Waals surface area contributed by atoms with Crippen molar-refractivity contribution in [2.24, 2.45) is 0 Å². The summed E-state index contributed by atoms with van der Waals surface area (Å²) in [5.74, 6) is 0.0123. The average molecular weight is 452 g/mol. The van der Waals surface area contributed by atoms with Crippen LogP contribution in [0.4, 0.5) is 0 Å². The third-order valence-electron chi connectivity index (χ3n) is 6.85. The van der Waals surface area contributed by atoms with Crippen LogP contribution in [-0.2, 0) is 22.7 Å². The van der Waals surface area contributed by atoms with Crippen molar-refractivity contribution in [2.45, 2.75) is 19.1 Å². The predicted octanol–water partition coefficient (Wildman–Crippen LogP) is 2.84. The molecule has 2 aromatic heterocycles. The number of carbonyl (C=O) groups is 2. The fraction of sp³-hybridized carbons (Fsp3) is 0.259. The molecule has 2 saturated heterocycles. The smallest absolute Gasteiger partial charge is 0.247 e. The maximum atomic E-state index is 13.5. The first-order valence-electron chi connectivity index (χ1n) is 11.6. The van der Waals surface area contributed by atoms with E-state index in [1.54, 1.807) is 16.0 Å². The number of fused-ring (bicyclic) bond motifs is 3. The van der Waals surface area contributed by atoms with Gasteiger partial charge in [-0.15, -0.1) is 0 Å². The maximum absolute atomic E-state index is 13.5. The lowest BCUT2D eigenvalue weighted by Gasteiger charge is -2.46. The lowest BCUT2D eigenvalue weighted by molar-refractivity contribution is -0.160. The minimum atomic E-state index is -0.455. The van der Waals surface area contributed by atoms with E-state index >= 15 is 0 Å². The summed E-state index contributed by atoms with van der Waals surface area (Å²) >= 11 is 0. The largest absolute Gasteiger partial charge is 0.327 e. The number of hydrogen-bond acceptors (Lipinski definition) is 5. The molecule has 2 aliphatic rings. The number of rotatable bonds is 4. The lowest BCUT2D eigenvalue weighted by Crippen LogP contribution is -2.66. The van der Waals surface area contributed by atoms with Crippen LogP contribution in [0.25, 0.3) is 21.8 Å². The highest BCUT2D eigenvalue weighted by molar-refractivity contribution is 5.95. The van der Waals surface area contributed by atoms with Crippen LogP contribution in [0.1, 0.15) is 11.3 Å². The number of piperazine rings is 2. The number of aromatic nitrogens is 2. The molecule has 4 aromatic rings. The normalized spacial score (nSPS) is 19.1. The number of carbonyl (C=O) groups excluding carboxylic acids is 2. The first-order valence-corrected chi connectivity index (χ1v) is 11.6. The first kappa shape index (κ1) is 20.7. The number of amides is 2. The fourth-order valence-electron chi connectivity index (χ4n) is 5.11. The van der Waals surface area contributed by atoms with E-state index < -0.39 is 6.04 Å². The summed E-state index contributed by atoms with van der Waals surface area (Å²) in [4.78, 5) is 41.2. The molecule has 4 heterocycles. The van der Waals surface area contributed by atoms with Gasteiger partial charge >= 0.3 is 0 Å². The van der Waals surface area contributed by atoms with Crippen LogP contribution in [0.5, 0.6) is 0 Å². The summed E-state index contributed by atoms with van der Waals surface area (Å²) in [5.41, 5.74) is 3.84. The number of benzene rings is 2. The van der Waals surface area contributed by atoms with E-state index in [2.05, 4.69) is 22.0 Å². The maximum Gasteiger partial charge on any atom is 0.247 e. The van der Waals surface area contributed by atoms with Crippen molar-refractivity contribution in [2.75, 3.05) is 26.2 Å². The number of hydrogen-bond donors (Lipinski definition) is 0. The molecule has 1 atom stereocenters. The van der Waals surface area contributed by atoms with Gasteiger partial charge in [-0.25, -0.2) is 0 Å². The van der Waals surface area contributed by atoms with Crippen LogP contribution < -0.4 is 0 Å². The van der Waals surface area contributed by atoms with Crippen LogP contribution >= 0.6 is 0 Å². The number of pyridine rings is 2. The van der Waals surface area contributed by atoms with E-state index in [4.69, 9.17) is 4.98 Å². The predicted molar refractivity (Wildman–Crippen MR) is 130 cm³/mol. The van der Waals surface area contributed by atoms with Crippen LogP contribution in [0.3, 0.4) is 0 Å². The zero-order valence-electron chi connectivity index (χ0n) is 18.8. The van der Waals surface area contributed by atoms with Crippen molar-refractivity contribution >= 4 is 33.6 Å². The monoisotopic (exact) mass is 451 g/mol. The second-order valence-electron chi connectivity index (χ2n) is 9.01. The summed E-state index contributed by atoms with van der Waals surface area (Å²) in [6.07, 6.45) is 1.80. The zero-order valence-corrected chi connectivity index (χ0v) is 18.8. The van der Waals surface area contributed by atoms with E-state index in [9.17, 15) is 9.59 Å². The molecule has 2 amide bonds. The van der Waals surface area contributed by atoms with Gasteiger partial charge in [0, 0.05) is 43.1 Å². The molecule has 0 aliphatic carbocycles. The molecule has 34 heavy (non-hydrogen) atoms. The van der Waals surface area contributed by atoms with Crippen LogP contribution in [0.15, 0.2) is 72.9 Å². The summed E-state index contributed by atoms with van der Waals surface area (Å²) in [6, 6.07) is 21.6. The Balaban J connectivity index is 1.20. The zero-order chi connectivity index (χ0) is 23.1. The summed E-state index contributed by atoms with van der Waals surface area (Å²) in [7, 11) is 0. The Kier molecular flexibility index (Phi) is 5.19. The lowest BCUT2D eigenvalue weighted by atomic mass is 10.0. The first-order chi connectivity index (χ1) is 16.7. The van der Waals surface area contributed by atoms with Crippen LogP contribution in [-0.4, -0.2) is 68.7 Å². The molecule has 2 aliphatic heterocycles. The molecular formula is C27H25N5O2. The van der Waals surface area contributed by atoms with Gasteiger partial charge in [-0.05, 0) is 29.8 Å². The molecule has 6 rings (SSSR count). The van der Waals surface area contributed by atoms with Crippen molar-refractivity contribution < 1.29 is 9.59 Å². The summed E-state index contributed by atoms with van der Waals surface area (Å²) in [5, 5.41) is 2.19. The SMILES string of the molecule is O=C1C2CN(Cc3cccc4ncccc34)CCN2C(=O)CN1Cc1ccc2ccccc2n1. The molecule has 2 aromatic carbocycles. The Hall–Kier alpha value is -3.84. The molecule has 1 unspecified atom stereocenters. The molecule has 0 N–H and O–H groups in total. The fourth-order valence-corrected chi connectivity index (χ4v) is 5.11. The number of nitrogens with zero attached hydrogens (tertiary/aromatic N) is 5. The Morgan fingerprint density at radius 1 is 0.853 bits per heavy atom. The summed E-state index contributed by atoms with van der Waals surface area (Å²) in [6.45, 7) is 3.02. The Morgan fingerprint density at radius 3 is 2.68 bits per heavy atom. The minimum absolute atomic E-state index is 0.00107. The molecule has 0 spiro atoms. The average Bonchev–Trinajstić information content (AvgIpc) is 2.87. The molecule has 7 heteroatoms. The standard InChI is InChI=1S/C27H25N5O2/c33-26-18-31(16-21-11-10-19-5-1-2-8-23(19)29-21)27(34)25-17-30(13-14-32(25)26)15-20-6-3-9-24-22(20)7-4-12-28-24/h1-12,25H,13-18H2. The van der Waals surface area contributed by atoms with Crippen molar-refractivity contribution in [1.29, 1.82) is 0 Å². The van der Waals surface area contributed by atoms with Gasteiger partial charge in [0.05, 0.1) is 23.3 Å². The quantitative estimate of drug-likeness (QED) is 0.477. The molecule has 0 radical (unpaired) electrons. The van der Waals surface area contributed by atoms with Crippen molar-refractivity contribution in [3.8, 4) is 0 Å². The third-order valence-corrected chi connectivity index (χ3v) is 6.85. The van der Waals surface area contributed by atoms with Gasteiger partial charge in [0.2, 0.25) is 11.8 Å². The van der Waals surface area contributed by atoms with Crippen LogP contribution in [0.2, 0.25) is 0 Å². The van der Waals surface area contributed by atoms with E-state index in [-0.39, 0.29) is 18.4 Å². The van der Waals surface area contributed by atoms with Gasteiger partial charge < -0.3 is 9.80 Å². The summed E-state index contributed by atoms with van der Waals surface area (Å²) < 4.78 is 0. The molecule has 0 saturated carbocycles. The van der Waals surface area contributed by atoms with Gasteiger partial charge in [0.15, 0.2) is 0 Å². The topological polar surface area (TPSA) is 69.6 Å². The van der Waals surface area contributed by atoms with Crippen molar-refractivity contribution in [3.63, 3.8) is 0 Å². The van der Waals surface area contributed by atoms with Gasteiger partial charge in [-0.1, -0.05) is 42.5 Å². The minimum Gasteiger partial charge on any atom is -0.327 e. The Morgan fingerprint density at radius 2 is 1.74 bits per heavy atom. The van der Waals surface area contributed by atoms with Gasteiger partial charge in [0.25, 0.3) is 0 Å². The van der Waals surface area contributed by atoms with E-state index in [1.165, 1.54) is 5.56 Å².